The first-order chi connectivity index (χ1) is 7.58. The lowest BCUT2D eigenvalue weighted by Crippen LogP contribution is -2.24. The van der Waals surface area contributed by atoms with E-state index in [-0.39, 0.29) is 18.1 Å². The predicted octanol–water partition coefficient (Wildman–Crippen LogP) is 1.97. The Labute approximate surface area is 111 Å². The van der Waals surface area contributed by atoms with E-state index in [0.717, 1.165) is 17.6 Å². The molecule has 1 heterocycles. The van der Waals surface area contributed by atoms with E-state index in [1.165, 1.54) is 0 Å². The Morgan fingerprint density at radius 2 is 2.12 bits per heavy atom. The highest BCUT2D eigenvalue weighted by Gasteiger charge is 2.06. The molecular formula is C11H15Cl2N3O. The quantitative estimate of drug-likeness (QED) is 0.931. The summed E-state index contributed by atoms with van der Waals surface area (Å²) in [6.45, 7) is 1.48. The van der Waals surface area contributed by atoms with Gasteiger partial charge < -0.3 is 9.88 Å². The fourth-order valence-corrected chi connectivity index (χ4v) is 1.81. The smallest absolute Gasteiger partial charge is 0.308 e. The van der Waals surface area contributed by atoms with Crippen LogP contribution in [-0.2, 0) is 6.54 Å². The van der Waals surface area contributed by atoms with Gasteiger partial charge in [0.1, 0.15) is 0 Å². The summed E-state index contributed by atoms with van der Waals surface area (Å²) >= 11 is 5.92. The lowest BCUT2D eigenvalue weighted by atomic mass is 10.3. The second kappa shape index (κ2) is 5.58. The number of nitrogens with zero attached hydrogens (tertiary/aromatic N) is 2. The number of hydrogen-bond acceptors (Lipinski definition) is 2. The lowest BCUT2D eigenvalue weighted by molar-refractivity contribution is 0.384. The van der Waals surface area contributed by atoms with Crippen LogP contribution in [0.4, 0.5) is 0 Å². The van der Waals surface area contributed by atoms with Crippen LogP contribution in [0.15, 0.2) is 23.0 Å². The SMILES string of the molecule is CN(C)CCn1c(=O)[nH]c2ccc(Cl)cc21.Cl. The number of fused-ring (bicyclic) bond motifs is 1. The van der Waals surface area contributed by atoms with Crippen LogP contribution in [0.5, 0.6) is 0 Å². The summed E-state index contributed by atoms with van der Waals surface area (Å²) in [4.78, 5) is 16.6. The Bertz CT molecular complexity index is 559. The van der Waals surface area contributed by atoms with Crippen LogP contribution in [0, 0.1) is 0 Å². The van der Waals surface area contributed by atoms with Crippen molar-refractivity contribution in [1.29, 1.82) is 0 Å². The average Bonchev–Trinajstić information content (AvgIpc) is 2.51. The number of halogens is 2. The van der Waals surface area contributed by atoms with Crippen LogP contribution in [0.3, 0.4) is 0 Å². The van der Waals surface area contributed by atoms with Crippen molar-refractivity contribution in [1.82, 2.24) is 14.5 Å². The lowest BCUT2D eigenvalue weighted by Gasteiger charge is -2.09. The van der Waals surface area contributed by atoms with Crippen LogP contribution in [0.2, 0.25) is 5.02 Å². The van der Waals surface area contributed by atoms with Gasteiger partial charge in [0.05, 0.1) is 11.0 Å². The standard InChI is InChI=1S/C11H14ClN3O.ClH/c1-14(2)5-6-15-10-7-8(12)3-4-9(10)13-11(15)16;/h3-4,7H,5-6H2,1-2H3,(H,13,16);1H. The minimum atomic E-state index is -0.0842. The molecule has 0 bridgehead atoms. The van der Waals surface area contributed by atoms with E-state index in [9.17, 15) is 4.79 Å². The summed E-state index contributed by atoms with van der Waals surface area (Å²) in [6, 6.07) is 5.41. The normalized spacial score (nSPS) is 10.8. The molecule has 0 aliphatic heterocycles. The molecule has 1 aromatic heterocycles. The summed E-state index contributed by atoms with van der Waals surface area (Å²) < 4.78 is 1.71. The second-order valence-corrected chi connectivity index (χ2v) is 4.48. The molecule has 0 saturated heterocycles. The molecule has 0 saturated carbocycles. The molecule has 0 unspecified atom stereocenters. The monoisotopic (exact) mass is 275 g/mol. The molecule has 1 N–H and O–H groups in total. The highest BCUT2D eigenvalue weighted by molar-refractivity contribution is 6.31. The Morgan fingerprint density at radius 1 is 1.41 bits per heavy atom. The van der Waals surface area contributed by atoms with Gasteiger partial charge in [-0.1, -0.05) is 11.6 Å². The van der Waals surface area contributed by atoms with E-state index in [1.54, 1.807) is 10.6 Å². The van der Waals surface area contributed by atoms with E-state index in [0.29, 0.717) is 11.6 Å². The van der Waals surface area contributed by atoms with Crippen LogP contribution in [0.25, 0.3) is 11.0 Å². The number of hydrogen-bond donors (Lipinski definition) is 1. The Hall–Kier alpha value is -0.970. The predicted molar refractivity (Wildman–Crippen MR) is 73.4 cm³/mol. The van der Waals surface area contributed by atoms with Gasteiger partial charge in [-0.2, -0.15) is 0 Å². The van der Waals surface area contributed by atoms with Crippen LogP contribution < -0.4 is 5.69 Å². The summed E-state index contributed by atoms with van der Waals surface area (Å²) in [5.74, 6) is 0. The fraction of sp³-hybridized carbons (Fsp3) is 0.364. The molecule has 0 amide bonds. The molecule has 6 heteroatoms. The molecule has 1 aromatic carbocycles. The first-order valence-electron chi connectivity index (χ1n) is 5.11. The number of benzene rings is 1. The van der Waals surface area contributed by atoms with Gasteiger partial charge in [-0.25, -0.2) is 4.79 Å². The van der Waals surface area contributed by atoms with Crippen molar-refractivity contribution in [3.8, 4) is 0 Å². The first-order valence-corrected chi connectivity index (χ1v) is 5.48. The Kier molecular flexibility index (Phi) is 4.62. The van der Waals surface area contributed by atoms with Gasteiger partial charge in [0, 0.05) is 18.1 Å². The summed E-state index contributed by atoms with van der Waals surface area (Å²) in [7, 11) is 3.96. The van der Waals surface area contributed by atoms with Crippen molar-refractivity contribution in [3.05, 3.63) is 33.7 Å². The maximum absolute atomic E-state index is 11.7. The fourth-order valence-electron chi connectivity index (χ4n) is 1.65. The molecule has 0 aliphatic carbocycles. The van der Waals surface area contributed by atoms with Crippen LogP contribution in [-0.4, -0.2) is 35.1 Å². The average molecular weight is 276 g/mol. The van der Waals surface area contributed by atoms with Crippen molar-refractivity contribution < 1.29 is 0 Å². The highest BCUT2D eigenvalue weighted by atomic mass is 35.5. The van der Waals surface area contributed by atoms with E-state index in [2.05, 4.69) is 4.98 Å². The van der Waals surface area contributed by atoms with E-state index < -0.39 is 0 Å². The van der Waals surface area contributed by atoms with Crippen molar-refractivity contribution in [3.63, 3.8) is 0 Å². The van der Waals surface area contributed by atoms with Gasteiger partial charge in [-0.3, -0.25) is 4.57 Å². The van der Waals surface area contributed by atoms with Crippen LogP contribution >= 0.6 is 24.0 Å². The number of likely N-dealkylation sites (N-methyl/N-ethyl adjacent to an activating group) is 1. The summed E-state index contributed by atoms with van der Waals surface area (Å²) in [5.41, 5.74) is 1.60. The maximum Gasteiger partial charge on any atom is 0.326 e. The first kappa shape index (κ1) is 14.1. The zero-order valence-electron chi connectivity index (χ0n) is 9.74. The highest BCUT2D eigenvalue weighted by Crippen LogP contribution is 2.16. The number of H-pyrrole nitrogens is 1. The molecular weight excluding hydrogens is 261 g/mol. The third-order valence-corrected chi connectivity index (χ3v) is 2.74. The summed E-state index contributed by atoms with van der Waals surface area (Å²) in [6.07, 6.45) is 0. The second-order valence-electron chi connectivity index (χ2n) is 4.05. The van der Waals surface area contributed by atoms with Gasteiger partial charge >= 0.3 is 5.69 Å². The van der Waals surface area contributed by atoms with Crippen LogP contribution in [0.1, 0.15) is 0 Å². The number of rotatable bonds is 3. The minimum Gasteiger partial charge on any atom is -0.308 e. The molecule has 2 rings (SSSR count). The van der Waals surface area contributed by atoms with Gasteiger partial charge in [0.2, 0.25) is 0 Å². The molecule has 17 heavy (non-hydrogen) atoms. The number of aromatic amines is 1. The molecule has 2 aromatic rings. The van der Waals surface area contributed by atoms with E-state index in [4.69, 9.17) is 11.6 Å². The number of aromatic nitrogens is 2. The van der Waals surface area contributed by atoms with Crippen molar-refractivity contribution in [2.24, 2.45) is 0 Å². The third kappa shape index (κ3) is 3.03. The van der Waals surface area contributed by atoms with Crippen molar-refractivity contribution in [2.75, 3.05) is 20.6 Å². The van der Waals surface area contributed by atoms with Gasteiger partial charge in [-0.15, -0.1) is 12.4 Å². The van der Waals surface area contributed by atoms with Crippen molar-refractivity contribution in [2.45, 2.75) is 6.54 Å². The zero-order valence-corrected chi connectivity index (χ0v) is 11.3. The topological polar surface area (TPSA) is 41.0 Å². The zero-order chi connectivity index (χ0) is 11.7. The Morgan fingerprint density at radius 3 is 2.76 bits per heavy atom. The number of nitrogens with one attached hydrogen (secondary N) is 1. The third-order valence-electron chi connectivity index (χ3n) is 2.51. The minimum absolute atomic E-state index is 0. The molecule has 0 radical (unpaired) electrons. The molecule has 0 fully saturated rings. The molecule has 0 aliphatic rings. The Balaban J connectivity index is 0.00000144. The van der Waals surface area contributed by atoms with Gasteiger partial charge in [0.25, 0.3) is 0 Å². The molecule has 0 atom stereocenters. The van der Waals surface area contributed by atoms with E-state index in [1.807, 2.05) is 31.1 Å². The molecule has 94 valence electrons. The maximum atomic E-state index is 11.7. The van der Waals surface area contributed by atoms with Crippen molar-refractivity contribution >= 4 is 35.0 Å². The molecule has 4 nitrogen and oxygen atoms in total. The number of imidazole rings is 1. The van der Waals surface area contributed by atoms with E-state index >= 15 is 0 Å². The van der Waals surface area contributed by atoms with Gasteiger partial charge in [-0.05, 0) is 32.3 Å². The largest absolute Gasteiger partial charge is 0.326 e. The summed E-state index contributed by atoms with van der Waals surface area (Å²) in [5, 5.41) is 0.644. The van der Waals surface area contributed by atoms with Gasteiger partial charge in [0.15, 0.2) is 0 Å². The molecule has 0 spiro atoms.